The number of hydrogen-bond acceptors (Lipinski definition) is 3. The van der Waals surface area contributed by atoms with Crippen molar-refractivity contribution < 1.29 is 14.2 Å². The number of ether oxygens (including phenoxy) is 3. The Morgan fingerprint density at radius 2 is 1.48 bits per heavy atom. The number of methoxy groups -OCH3 is 3. The van der Waals surface area contributed by atoms with E-state index in [0.29, 0.717) is 17.2 Å². The first-order valence-corrected chi connectivity index (χ1v) is 7.54. The summed E-state index contributed by atoms with van der Waals surface area (Å²) in [4.78, 5) is 0.0217. The van der Waals surface area contributed by atoms with E-state index in [2.05, 4.69) is 35.0 Å². The third kappa shape index (κ3) is 3.00. The standard InChI is InChI=1S/C17H19BrO3/c1-11-7-5-6-8-12(11)15(18)13-9-10-14(19-2)17(21-4)16(13)20-3/h5-10,15H,1-4H3. The SMILES string of the molecule is COc1ccc(C(Br)c2ccccc2C)c(OC)c1OC. The fourth-order valence-electron chi connectivity index (χ4n) is 2.36. The molecule has 0 aliphatic rings. The summed E-state index contributed by atoms with van der Waals surface area (Å²) in [7, 11) is 4.86. The summed E-state index contributed by atoms with van der Waals surface area (Å²) in [6.07, 6.45) is 0. The lowest BCUT2D eigenvalue weighted by Gasteiger charge is -2.20. The molecule has 1 unspecified atom stereocenters. The lowest BCUT2D eigenvalue weighted by Crippen LogP contribution is -2.02. The van der Waals surface area contributed by atoms with Crippen molar-refractivity contribution in [2.45, 2.75) is 11.8 Å². The largest absolute Gasteiger partial charge is 0.493 e. The van der Waals surface area contributed by atoms with Crippen LogP contribution in [0.15, 0.2) is 36.4 Å². The van der Waals surface area contributed by atoms with Gasteiger partial charge < -0.3 is 14.2 Å². The predicted molar refractivity (Wildman–Crippen MR) is 88.0 cm³/mol. The highest BCUT2D eigenvalue weighted by molar-refractivity contribution is 9.09. The molecule has 21 heavy (non-hydrogen) atoms. The van der Waals surface area contributed by atoms with Crippen molar-refractivity contribution in [1.29, 1.82) is 0 Å². The molecule has 4 heteroatoms. The van der Waals surface area contributed by atoms with Crippen LogP contribution in [0.3, 0.4) is 0 Å². The Morgan fingerprint density at radius 1 is 0.810 bits per heavy atom. The third-order valence-corrected chi connectivity index (χ3v) is 4.46. The van der Waals surface area contributed by atoms with Crippen molar-refractivity contribution in [2.75, 3.05) is 21.3 Å². The molecular formula is C17H19BrO3. The molecule has 0 saturated carbocycles. The van der Waals surface area contributed by atoms with Crippen LogP contribution in [0.25, 0.3) is 0 Å². The molecular weight excluding hydrogens is 332 g/mol. The van der Waals surface area contributed by atoms with Gasteiger partial charge in [-0.25, -0.2) is 0 Å². The number of halogens is 1. The van der Waals surface area contributed by atoms with Crippen molar-refractivity contribution in [3.8, 4) is 17.2 Å². The van der Waals surface area contributed by atoms with Crippen LogP contribution in [0, 0.1) is 6.92 Å². The molecule has 0 aliphatic carbocycles. The van der Waals surface area contributed by atoms with Crippen LogP contribution in [0.5, 0.6) is 17.2 Å². The second-order valence-electron chi connectivity index (χ2n) is 4.64. The van der Waals surface area contributed by atoms with Crippen LogP contribution in [0.2, 0.25) is 0 Å². The van der Waals surface area contributed by atoms with Gasteiger partial charge in [0, 0.05) is 5.56 Å². The Hall–Kier alpha value is -1.68. The smallest absolute Gasteiger partial charge is 0.203 e. The first kappa shape index (κ1) is 15.7. The number of rotatable bonds is 5. The normalized spacial score (nSPS) is 11.9. The molecule has 0 aliphatic heterocycles. The molecule has 0 radical (unpaired) electrons. The summed E-state index contributed by atoms with van der Waals surface area (Å²) < 4.78 is 16.3. The van der Waals surface area contributed by atoms with E-state index in [-0.39, 0.29) is 4.83 Å². The summed E-state index contributed by atoms with van der Waals surface area (Å²) in [6.45, 7) is 2.09. The Bertz CT molecular complexity index is 625. The van der Waals surface area contributed by atoms with E-state index in [1.54, 1.807) is 21.3 Å². The van der Waals surface area contributed by atoms with E-state index in [0.717, 1.165) is 5.56 Å². The Morgan fingerprint density at radius 3 is 2.05 bits per heavy atom. The minimum absolute atomic E-state index is 0.0217. The van der Waals surface area contributed by atoms with Gasteiger partial charge in [-0.1, -0.05) is 40.2 Å². The molecule has 1 atom stereocenters. The second-order valence-corrected chi connectivity index (χ2v) is 5.56. The zero-order chi connectivity index (χ0) is 15.4. The monoisotopic (exact) mass is 350 g/mol. The zero-order valence-electron chi connectivity index (χ0n) is 12.6. The molecule has 0 aromatic heterocycles. The highest BCUT2D eigenvalue weighted by atomic mass is 79.9. The van der Waals surface area contributed by atoms with Gasteiger partial charge in [0.2, 0.25) is 5.75 Å². The fraction of sp³-hybridized carbons (Fsp3) is 0.294. The fourth-order valence-corrected chi connectivity index (χ4v) is 3.24. The van der Waals surface area contributed by atoms with Gasteiger partial charge in [-0.3, -0.25) is 0 Å². The maximum absolute atomic E-state index is 5.56. The van der Waals surface area contributed by atoms with Gasteiger partial charge >= 0.3 is 0 Å². The van der Waals surface area contributed by atoms with Crippen LogP contribution >= 0.6 is 15.9 Å². The van der Waals surface area contributed by atoms with Crippen molar-refractivity contribution in [3.63, 3.8) is 0 Å². The van der Waals surface area contributed by atoms with Gasteiger partial charge in [0.05, 0.1) is 26.2 Å². The summed E-state index contributed by atoms with van der Waals surface area (Å²) in [5.74, 6) is 1.94. The minimum atomic E-state index is 0.0217. The molecule has 0 N–H and O–H groups in total. The van der Waals surface area contributed by atoms with Crippen LogP contribution in [-0.4, -0.2) is 21.3 Å². The molecule has 0 bridgehead atoms. The molecule has 0 fully saturated rings. The molecule has 0 spiro atoms. The number of aryl methyl sites for hydroxylation is 1. The summed E-state index contributed by atoms with van der Waals surface area (Å²) in [5.41, 5.74) is 3.42. The average Bonchev–Trinajstić information content (AvgIpc) is 2.52. The first-order valence-electron chi connectivity index (χ1n) is 6.62. The van der Waals surface area contributed by atoms with Crippen molar-refractivity contribution >= 4 is 15.9 Å². The maximum Gasteiger partial charge on any atom is 0.203 e. The van der Waals surface area contributed by atoms with Crippen molar-refractivity contribution in [3.05, 3.63) is 53.1 Å². The van der Waals surface area contributed by atoms with Gasteiger partial charge in [-0.15, -0.1) is 0 Å². The maximum atomic E-state index is 5.56. The Balaban J connectivity index is 2.56. The molecule has 0 amide bonds. The van der Waals surface area contributed by atoms with Crippen LogP contribution in [-0.2, 0) is 0 Å². The van der Waals surface area contributed by atoms with Crippen LogP contribution in [0.1, 0.15) is 21.5 Å². The molecule has 2 aromatic carbocycles. The summed E-state index contributed by atoms with van der Waals surface area (Å²) in [5, 5.41) is 0. The molecule has 3 nitrogen and oxygen atoms in total. The van der Waals surface area contributed by atoms with E-state index in [4.69, 9.17) is 14.2 Å². The number of hydrogen-bond donors (Lipinski definition) is 0. The summed E-state index contributed by atoms with van der Waals surface area (Å²) in [6, 6.07) is 12.1. The van der Waals surface area contributed by atoms with Crippen LogP contribution in [0.4, 0.5) is 0 Å². The molecule has 0 heterocycles. The average molecular weight is 351 g/mol. The Kier molecular flexibility index (Phi) is 5.12. The van der Waals surface area contributed by atoms with Crippen LogP contribution < -0.4 is 14.2 Å². The lowest BCUT2D eigenvalue weighted by molar-refractivity contribution is 0.322. The van der Waals surface area contributed by atoms with E-state index < -0.39 is 0 Å². The second kappa shape index (κ2) is 6.85. The Labute approximate surface area is 134 Å². The minimum Gasteiger partial charge on any atom is -0.493 e. The third-order valence-electron chi connectivity index (χ3n) is 3.47. The predicted octanol–water partition coefficient (Wildman–Crippen LogP) is 4.51. The van der Waals surface area contributed by atoms with Gasteiger partial charge in [0.25, 0.3) is 0 Å². The van der Waals surface area contributed by atoms with E-state index in [1.165, 1.54) is 11.1 Å². The van der Waals surface area contributed by atoms with Gasteiger partial charge in [-0.2, -0.15) is 0 Å². The number of benzene rings is 2. The quantitative estimate of drug-likeness (QED) is 0.742. The molecule has 112 valence electrons. The molecule has 2 aromatic rings. The topological polar surface area (TPSA) is 27.7 Å². The van der Waals surface area contributed by atoms with Gasteiger partial charge in [-0.05, 0) is 30.2 Å². The highest BCUT2D eigenvalue weighted by Crippen LogP contribution is 2.46. The van der Waals surface area contributed by atoms with Gasteiger partial charge in [0.1, 0.15) is 0 Å². The van der Waals surface area contributed by atoms with E-state index in [9.17, 15) is 0 Å². The van der Waals surface area contributed by atoms with Crippen molar-refractivity contribution in [1.82, 2.24) is 0 Å². The molecule has 2 rings (SSSR count). The first-order chi connectivity index (χ1) is 10.1. The highest BCUT2D eigenvalue weighted by Gasteiger charge is 2.22. The molecule has 0 saturated heterocycles. The van der Waals surface area contributed by atoms with E-state index in [1.807, 2.05) is 24.3 Å². The van der Waals surface area contributed by atoms with Gasteiger partial charge in [0.15, 0.2) is 11.5 Å². The zero-order valence-corrected chi connectivity index (χ0v) is 14.2. The van der Waals surface area contributed by atoms with E-state index >= 15 is 0 Å². The summed E-state index contributed by atoms with van der Waals surface area (Å²) >= 11 is 3.77. The lowest BCUT2D eigenvalue weighted by atomic mass is 9.99. The number of alkyl halides is 1. The van der Waals surface area contributed by atoms with Crippen molar-refractivity contribution in [2.24, 2.45) is 0 Å².